The Labute approximate surface area is 186 Å². The Morgan fingerprint density at radius 2 is 1.84 bits per heavy atom. The van der Waals surface area contributed by atoms with E-state index < -0.39 is 10.0 Å². The molecule has 2 aromatic rings. The van der Waals surface area contributed by atoms with Gasteiger partial charge in [-0.2, -0.15) is 0 Å². The molecule has 6 heteroatoms. The van der Waals surface area contributed by atoms with Crippen LogP contribution in [0.4, 0.5) is 5.69 Å². The molecule has 5 nitrogen and oxygen atoms in total. The minimum Gasteiger partial charge on any atom is -0.308 e. The molecule has 0 aliphatic carbocycles. The highest BCUT2D eigenvalue weighted by molar-refractivity contribution is 7.89. The maximum absolute atomic E-state index is 13.5. The Morgan fingerprint density at radius 3 is 2.48 bits per heavy atom. The molecule has 31 heavy (non-hydrogen) atoms. The number of sulfonamides is 1. The summed E-state index contributed by atoms with van der Waals surface area (Å²) >= 11 is 0. The molecule has 1 fully saturated rings. The van der Waals surface area contributed by atoms with E-state index in [-0.39, 0.29) is 17.6 Å². The van der Waals surface area contributed by atoms with Gasteiger partial charge in [-0.1, -0.05) is 55.7 Å². The molecule has 1 aliphatic heterocycles. The molecule has 0 radical (unpaired) electrons. The minimum atomic E-state index is -3.24. The van der Waals surface area contributed by atoms with Gasteiger partial charge in [0.2, 0.25) is 15.9 Å². The van der Waals surface area contributed by atoms with Gasteiger partial charge in [0.25, 0.3) is 0 Å². The van der Waals surface area contributed by atoms with Crippen LogP contribution in [0.2, 0.25) is 0 Å². The van der Waals surface area contributed by atoms with Gasteiger partial charge in [-0.05, 0) is 43.0 Å². The minimum absolute atomic E-state index is 0.0173. The third-order valence-corrected chi connectivity index (χ3v) is 7.68. The SMILES string of the molecule is C#Cc1cccc(N(Cc2ccccc2)C(=O)C2CCN(S(=O)(=O)CCCC)CC2)c1. The number of benzene rings is 2. The van der Waals surface area contributed by atoms with Crippen LogP contribution in [-0.2, 0) is 21.4 Å². The third kappa shape index (κ3) is 5.96. The zero-order valence-electron chi connectivity index (χ0n) is 18.0. The van der Waals surface area contributed by atoms with Gasteiger partial charge in [0, 0.05) is 30.3 Å². The summed E-state index contributed by atoms with van der Waals surface area (Å²) in [6, 6.07) is 17.3. The van der Waals surface area contributed by atoms with Crippen molar-refractivity contribution in [2.24, 2.45) is 5.92 Å². The molecule has 1 saturated heterocycles. The molecule has 164 valence electrons. The van der Waals surface area contributed by atoms with Crippen LogP contribution in [0.15, 0.2) is 54.6 Å². The highest BCUT2D eigenvalue weighted by atomic mass is 32.2. The van der Waals surface area contributed by atoms with Crippen molar-refractivity contribution in [3.63, 3.8) is 0 Å². The van der Waals surface area contributed by atoms with E-state index in [1.165, 1.54) is 0 Å². The van der Waals surface area contributed by atoms with Crippen LogP contribution in [-0.4, -0.2) is 37.5 Å². The maximum Gasteiger partial charge on any atom is 0.230 e. The number of piperidine rings is 1. The van der Waals surface area contributed by atoms with Gasteiger partial charge in [0.1, 0.15) is 0 Å². The van der Waals surface area contributed by atoms with Crippen molar-refractivity contribution in [2.45, 2.75) is 39.2 Å². The number of anilines is 1. The van der Waals surface area contributed by atoms with Crippen molar-refractivity contribution < 1.29 is 13.2 Å². The standard InChI is InChI=1S/C25H30N2O3S/c1-3-5-18-31(29,30)26-16-14-23(15-17-26)25(28)27(20-22-10-7-6-8-11-22)24-13-9-12-21(4-2)19-24/h2,6-13,19,23H,3,5,14-18,20H2,1H3. The van der Waals surface area contributed by atoms with Gasteiger partial charge in [-0.3, -0.25) is 4.79 Å². The highest BCUT2D eigenvalue weighted by Crippen LogP contribution is 2.27. The average molecular weight is 439 g/mol. The van der Waals surface area contributed by atoms with Crippen LogP contribution >= 0.6 is 0 Å². The normalized spacial score (nSPS) is 15.4. The van der Waals surface area contributed by atoms with Crippen LogP contribution in [0.5, 0.6) is 0 Å². The first-order valence-corrected chi connectivity index (χ1v) is 12.5. The lowest BCUT2D eigenvalue weighted by molar-refractivity contribution is -0.123. The van der Waals surface area contributed by atoms with Gasteiger partial charge in [0.15, 0.2) is 0 Å². The summed E-state index contributed by atoms with van der Waals surface area (Å²) in [6.07, 6.45) is 8.14. The number of amides is 1. The number of rotatable bonds is 8. The zero-order chi connectivity index (χ0) is 22.3. The number of hydrogen-bond acceptors (Lipinski definition) is 3. The van der Waals surface area contributed by atoms with E-state index in [1.807, 2.05) is 61.5 Å². The highest BCUT2D eigenvalue weighted by Gasteiger charge is 2.33. The Bertz CT molecular complexity index is 1020. The van der Waals surface area contributed by atoms with Gasteiger partial charge >= 0.3 is 0 Å². The topological polar surface area (TPSA) is 57.7 Å². The number of unbranched alkanes of at least 4 members (excludes halogenated alkanes) is 1. The predicted molar refractivity (Wildman–Crippen MR) is 125 cm³/mol. The van der Waals surface area contributed by atoms with Crippen molar-refractivity contribution in [3.8, 4) is 12.3 Å². The van der Waals surface area contributed by atoms with E-state index >= 15 is 0 Å². The van der Waals surface area contributed by atoms with Crippen molar-refractivity contribution >= 4 is 21.6 Å². The van der Waals surface area contributed by atoms with Gasteiger partial charge in [-0.15, -0.1) is 6.42 Å². The van der Waals surface area contributed by atoms with Crippen molar-refractivity contribution in [1.82, 2.24) is 4.31 Å². The lowest BCUT2D eigenvalue weighted by atomic mass is 9.95. The van der Waals surface area contributed by atoms with E-state index in [2.05, 4.69) is 5.92 Å². The summed E-state index contributed by atoms with van der Waals surface area (Å²) in [5.41, 5.74) is 2.52. The Morgan fingerprint density at radius 1 is 1.13 bits per heavy atom. The summed E-state index contributed by atoms with van der Waals surface area (Å²) in [5, 5.41) is 0. The lowest BCUT2D eigenvalue weighted by Gasteiger charge is -2.34. The van der Waals surface area contributed by atoms with Crippen LogP contribution in [0.25, 0.3) is 0 Å². The molecule has 1 heterocycles. The summed E-state index contributed by atoms with van der Waals surface area (Å²) < 4.78 is 26.5. The second-order valence-electron chi connectivity index (χ2n) is 7.95. The summed E-state index contributed by atoms with van der Waals surface area (Å²) in [7, 11) is -3.24. The molecule has 0 spiro atoms. The second-order valence-corrected chi connectivity index (χ2v) is 10.0. The summed E-state index contributed by atoms with van der Waals surface area (Å²) in [5.74, 6) is 2.62. The largest absolute Gasteiger partial charge is 0.308 e. The fourth-order valence-electron chi connectivity index (χ4n) is 3.88. The van der Waals surface area contributed by atoms with E-state index in [0.29, 0.717) is 38.9 Å². The molecule has 0 unspecified atom stereocenters. The Hall–Kier alpha value is -2.62. The Kier molecular flexibility index (Phi) is 7.89. The smallest absolute Gasteiger partial charge is 0.230 e. The van der Waals surface area contributed by atoms with Gasteiger partial charge < -0.3 is 4.90 Å². The molecule has 1 aliphatic rings. The molecule has 0 atom stereocenters. The van der Waals surface area contributed by atoms with Gasteiger partial charge in [0.05, 0.1) is 12.3 Å². The number of hydrogen-bond donors (Lipinski definition) is 0. The molecule has 0 saturated carbocycles. The first-order valence-electron chi connectivity index (χ1n) is 10.8. The summed E-state index contributed by atoms with van der Waals surface area (Å²) in [6.45, 7) is 3.22. The maximum atomic E-state index is 13.5. The molecule has 0 bridgehead atoms. The van der Waals surface area contributed by atoms with Crippen molar-refractivity contribution in [1.29, 1.82) is 0 Å². The molecule has 0 aromatic heterocycles. The zero-order valence-corrected chi connectivity index (χ0v) is 18.9. The molecule has 0 N–H and O–H groups in total. The van der Waals surface area contributed by atoms with Crippen LogP contribution in [0, 0.1) is 18.3 Å². The lowest BCUT2D eigenvalue weighted by Crippen LogP contribution is -2.45. The summed E-state index contributed by atoms with van der Waals surface area (Å²) in [4.78, 5) is 15.3. The van der Waals surface area contributed by atoms with Crippen molar-refractivity contribution in [2.75, 3.05) is 23.7 Å². The van der Waals surface area contributed by atoms with E-state index in [4.69, 9.17) is 6.42 Å². The van der Waals surface area contributed by atoms with Gasteiger partial charge in [-0.25, -0.2) is 12.7 Å². The monoisotopic (exact) mass is 438 g/mol. The second kappa shape index (κ2) is 10.6. The van der Waals surface area contributed by atoms with Crippen LogP contribution in [0.3, 0.4) is 0 Å². The molecule has 2 aromatic carbocycles. The molecule has 1 amide bonds. The van der Waals surface area contributed by atoms with E-state index in [1.54, 1.807) is 9.21 Å². The van der Waals surface area contributed by atoms with Crippen LogP contribution in [0.1, 0.15) is 43.7 Å². The average Bonchev–Trinajstić information content (AvgIpc) is 2.81. The first kappa shape index (κ1) is 23.1. The fourth-order valence-corrected chi connectivity index (χ4v) is 5.56. The number of carbonyl (C=O) groups is 1. The number of terminal acetylenes is 1. The molecular weight excluding hydrogens is 408 g/mol. The first-order chi connectivity index (χ1) is 14.9. The Balaban J connectivity index is 1.77. The van der Waals surface area contributed by atoms with Crippen molar-refractivity contribution in [3.05, 3.63) is 65.7 Å². The van der Waals surface area contributed by atoms with Crippen LogP contribution < -0.4 is 4.90 Å². The number of carbonyl (C=O) groups excluding carboxylic acids is 1. The number of nitrogens with zero attached hydrogens (tertiary/aromatic N) is 2. The quantitative estimate of drug-likeness (QED) is 0.585. The molecular formula is C25H30N2O3S. The molecule has 3 rings (SSSR count). The van der Waals surface area contributed by atoms with E-state index in [0.717, 1.165) is 23.2 Å². The fraction of sp³-hybridized carbons (Fsp3) is 0.400. The predicted octanol–water partition coefficient (Wildman–Crippen LogP) is 4.04. The third-order valence-electron chi connectivity index (χ3n) is 5.73. The van der Waals surface area contributed by atoms with E-state index in [9.17, 15) is 13.2 Å².